The molecule has 0 aliphatic carbocycles. The number of halogens is 1. The van der Waals surface area contributed by atoms with Crippen LogP contribution in [-0.4, -0.2) is 34.1 Å². The van der Waals surface area contributed by atoms with Gasteiger partial charge in [-0.05, 0) is 30.5 Å². The average Bonchev–Trinajstić information content (AvgIpc) is 3.19. The SMILES string of the molecule is CSC1=NN2C(=c3cc(Br)ccc3=N[C@@H]2c2cc3c(cc2[N+](=O)[O-])OCO3)C(=O)N1. The monoisotopic (exact) mass is 489 g/mol. The van der Waals surface area contributed by atoms with Gasteiger partial charge in [-0.3, -0.25) is 25.2 Å². The highest BCUT2D eigenvalue weighted by atomic mass is 79.9. The molecule has 12 heteroatoms. The van der Waals surface area contributed by atoms with E-state index in [1.165, 1.54) is 28.9 Å². The molecule has 3 aliphatic rings. The maximum Gasteiger partial charge on any atom is 0.280 e. The Morgan fingerprint density at radius 1 is 1.30 bits per heavy atom. The van der Waals surface area contributed by atoms with E-state index in [0.29, 0.717) is 27.2 Å². The highest BCUT2D eigenvalue weighted by Crippen LogP contribution is 2.43. The number of nitro groups is 1. The molecule has 0 spiro atoms. The molecule has 2 aromatic carbocycles. The molecular formula is C18H12BrN5O5S. The third kappa shape index (κ3) is 2.91. The van der Waals surface area contributed by atoms with Crippen molar-refractivity contribution in [3.05, 3.63) is 61.1 Å². The van der Waals surface area contributed by atoms with E-state index < -0.39 is 11.1 Å². The highest BCUT2D eigenvalue weighted by molar-refractivity contribution is 9.10. The van der Waals surface area contributed by atoms with Crippen molar-refractivity contribution in [2.24, 2.45) is 10.1 Å². The number of hydrogen-bond donors (Lipinski definition) is 1. The fourth-order valence-electron chi connectivity index (χ4n) is 3.46. The van der Waals surface area contributed by atoms with E-state index in [0.717, 1.165) is 4.47 Å². The predicted molar refractivity (Wildman–Crippen MR) is 111 cm³/mol. The Hall–Kier alpha value is -3.12. The standard InChI is InChI=1S/C18H12BrN5O5S/c1-30-18-21-17(25)15-9-4-8(19)2-3-11(9)20-16(23(15)22-18)10-5-13-14(29-7-28-13)6-12(10)24(26)27/h2-6,16H,7H2,1H3,(H,21,22,25)/t16-/m0/s1. The lowest BCUT2D eigenvalue weighted by Crippen LogP contribution is -2.50. The number of hydrazone groups is 1. The van der Waals surface area contributed by atoms with Crippen molar-refractivity contribution in [2.75, 3.05) is 13.0 Å². The number of fused-ring (bicyclic) bond motifs is 3. The van der Waals surface area contributed by atoms with Crippen molar-refractivity contribution in [3.8, 4) is 11.5 Å². The number of thioether (sulfide) groups is 1. The van der Waals surface area contributed by atoms with Crippen molar-refractivity contribution in [2.45, 2.75) is 6.17 Å². The van der Waals surface area contributed by atoms with Gasteiger partial charge in [0.1, 0.15) is 5.70 Å². The molecule has 0 unspecified atom stereocenters. The van der Waals surface area contributed by atoms with E-state index in [2.05, 4.69) is 26.3 Å². The van der Waals surface area contributed by atoms with Gasteiger partial charge >= 0.3 is 0 Å². The van der Waals surface area contributed by atoms with Crippen molar-refractivity contribution in [1.29, 1.82) is 0 Å². The molecular weight excluding hydrogens is 478 g/mol. The number of nitrogens with zero attached hydrogens (tertiary/aromatic N) is 4. The summed E-state index contributed by atoms with van der Waals surface area (Å²) < 4.78 is 11.5. The largest absolute Gasteiger partial charge is 0.454 e. The summed E-state index contributed by atoms with van der Waals surface area (Å²) in [6.07, 6.45) is 0.838. The van der Waals surface area contributed by atoms with Crippen LogP contribution in [0, 0.1) is 10.1 Å². The van der Waals surface area contributed by atoms with Crippen molar-refractivity contribution in [1.82, 2.24) is 10.3 Å². The highest BCUT2D eigenvalue weighted by Gasteiger charge is 2.38. The molecule has 5 rings (SSSR count). The second-order valence-electron chi connectivity index (χ2n) is 6.44. The predicted octanol–water partition coefficient (Wildman–Crippen LogP) is 1.59. The molecule has 3 aliphatic heterocycles. The van der Waals surface area contributed by atoms with Crippen molar-refractivity contribution >= 4 is 50.2 Å². The zero-order chi connectivity index (χ0) is 21.0. The number of carbonyl (C=O) groups is 1. The normalized spacial score (nSPS) is 18.8. The molecule has 0 radical (unpaired) electrons. The molecule has 1 amide bonds. The fraction of sp³-hybridized carbons (Fsp3) is 0.167. The first-order valence-electron chi connectivity index (χ1n) is 8.65. The molecule has 3 heterocycles. The lowest BCUT2D eigenvalue weighted by molar-refractivity contribution is -0.386. The summed E-state index contributed by atoms with van der Waals surface area (Å²) in [6, 6.07) is 8.15. The van der Waals surface area contributed by atoms with Gasteiger partial charge in [0.05, 0.1) is 21.9 Å². The number of nitro benzene ring substituents is 1. The van der Waals surface area contributed by atoms with E-state index in [4.69, 9.17) is 14.5 Å². The Labute approximate surface area is 181 Å². The Balaban J connectivity index is 1.80. The van der Waals surface area contributed by atoms with Crippen LogP contribution in [0.4, 0.5) is 5.69 Å². The van der Waals surface area contributed by atoms with Crippen LogP contribution in [0.3, 0.4) is 0 Å². The number of ether oxygens (including phenoxy) is 2. The smallest absolute Gasteiger partial charge is 0.280 e. The minimum absolute atomic E-state index is 0.0210. The lowest BCUT2D eigenvalue weighted by atomic mass is 10.1. The number of amidine groups is 1. The fourth-order valence-corrected chi connectivity index (χ4v) is 4.18. The Kier molecular flexibility index (Phi) is 4.40. The first-order chi connectivity index (χ1) is 14.5. The summed E-state index contributed by atoms with van der Waals surface area (Å²) in [7, 11) is 0. The van der Waals surface area contributed by atoms with Crippen LogP contribution in [0.15, 0.2) is 44.9 Å². The average molecular weight is 490 g/mol. The van der Waals surface area contributed by atoms with Crippen molar-refractivity contribution < 1.29 is 19.2 Å². The molecule has 10 nitrogen and oxygen atoms in total. The number of hydrogen-bond acceptors (Lipinski definition) is 9. The first kappa shape index (κ1) is 18.9. The molecule has 30 heavy (non-hydrogen) atoms. The van der Waals surface area contributed by atoms with Crippen LogP contribution < -0.4 is 25.4 Å². The second kappa shape index (κ2) is 6.99. The van der Waals surface area contributed by atoms with E-state index in [-0.39, 0.29) is 29.6 Å². The number of carbonyl (C=O) groups excluding carboxylic acids is 1. The third-order valence-electron chi connectivity index (χ3n) is 4.76. The molecule has 0 bridgehead atoms. The van der Waals surface area contributed by atoms with Gasteiger partial charge in [0, 0.05) is 9.69 Å². The van der Waals surface area contributed by atoms with Gasteiger partial charge in [-0.15, -0.1) is 5.10 Å². The summed E-state index contributed by atoms with van der Waals surface area (Å²) in [6.45, 7) is -0.0210. The molecule has 0 aromatic heterocycles. The van der Waals surface area contributed by atoms with Crippen LogP contribution in [0.1, 0.15) is 11.7 Å². The van der Waals surface area contributed by atoms with Gasteiger partial charge < -0.3 is 9.47 Å². The Morgan fingerprint density at radius 2 is 2.07 bits per heavy atom. The van der Waals surface area contributed by atoms with E-state index in [1.54, 1.807) is 24.5 Å². The molecule has 1 atom stereocenters. The summed E-state index contributed by atoms with van der Waals surface area (Å²) >= 11 is 4.66. The summed E-state index contributed by atoms with van der Waals surface area (Å²) in [5.41, 5.74) is 0.310. The van der Waals surface area contributed by atoms with E-state index in [1.807, 2.05) is 0 Å². The van der Waals surface area contributed by atoms with Gasteiger partial charge in [-0.25, -0.2) is 5.01 Å². The van der Waals surface area contributed by atoms with Crippen LogP contribution in [0.25, 0.3) is 5.70 Å². The minimum Gasteiger partial charge on any atom is -0.454 e. The minimum atomic E-state index is -0.934. The topological polar surface area (TPSA) is 119 Å². The quantitative estimate of drug-likeness (QED) is 0.502. The molecule has 152 valence electrons. The zero-order valence-corrected chi connectivity index (χ0v) is 17.7. The number of nitrogens with one attached hydrogen (secondary N) is 1. The van der Waals surface area contributed by atoms with E-state index >= 15 is 0 Å². The van der Waals surface area contributed by atoms with Gasteiger partial charge in [-0.1, -0.05) is 27.7 Å². The van der Waals surface area contributed by atoms with Crippen LogP contribution >= 0.6 is 27.7 Å². The molecule has 2 aromatic rings. The summed E-state index contributed by atoms with van der Waals surface area (Å²) in [4.78, 5) is 28.9. The number of rotatable bonds is 2. The zero-order valence-electron chi connectivity index (χ0n) is 15.3. The van der Waals surface area contributed by atoms with Gasteiger partial charge in [0.15, 0.2) is 22.8 Å². The molecule has 0 saturated heterocycles. The third-order valence-corrected chi connectivity index (χ3v) is 5.82. The maximum atomic E-state index is 12.9. The Bertz CT molecular complexity index is 1280. The summed E-state index contributed by atoms with van der Waals surface area (Å²) in [5, 5.41) is 21.9. The lowest BCUT2D eigenvalue weighted by Gasteiger charge is -2.33. The molecule has 1 N–H and O–H groups in total. The van der Waals surface area contributed by atoms with Gasteiger partial charge in [0.25, 0.3) is 11.6 Å². The number of benzene rings is 2. The van der Waals surface area contributed by atoms with E-state index in [9.17, 15) is 14.9 Å². The van der Waals surface area contributed by atoms with Gasteiger partial charge in [0.2, 0.25) is 6.79 Å². The second-order valence-corrected chi connectivity index (χ2v) is 8.15. The van der Waals surface area contributed by atoms with Crippen LogP contribution in [-0.2, 0) is 4.79 Å². The maximum absolute atomic E-state index is 12.9. The number of amides is 1. The Morgan fingerprint density at radius 3 is 2.80 bits per heavy atom. The molecule has 0 fully saturated rings. The van der Waals surface area contributed by atoms with Crippen molar-refractivity contribution in [3.63, 3.8) is 0 Å². The molecule has 0 saturated carbocycles. The summed E-state index contributed by atoms with van der Waals surface area (Å²) in [5.74, 6) is 0.306. The van der Waals surface area contributed by atoms with Gasteiger partial charge in [-0.2, -0.15) is 0 Å². The van der Waals surface area contributed by atoms with Crippen LogP contribution in [0.5, 0.6) is 11.5 Å². The van der Waals surface area contributed by atoms with Crippen LogP contribution in [0.2, 0.25) is 0 Å². The first-order valence-corrected chi connectivity index (χ1v) is 10.7.